The summed E-state index contributed by atoms with van der Waals surface area (Å²) in [6.45, 7) is 4.12. The zero-order valence-electron chi connectivity index (χ0n) is 10.4. The highest BCUT2D eigenvalue weighted by atomic mass is 16.3. The molecule has 1 N–H and O–H groups in total. The molecule has 1 aromatic rings. The van der Waals surface area contributed by atoms with Crippen LogP contribution < -0.4 is 0 Å². The predicted octanol–water partition coefficient (Wildman–Crippen LogP) is 1.18. The lowest BCUT2D eigenvalue weighted by Gasteiger charge is -2.37. The summed E-state index contributed by atoms with van der Waals surface area (Å²) in [4.78, 5) is 2.59. The Bertz CT molecular complexity index is 376. The topological polar surface area (TPSA) is 41.3 Å². The monoisotopic (exact) mass is 235 g/mol. The third-order valence-corrected chi connectivity index (χ3v) is 4.21. The molecule has 4 nitrogen and oxygen atoms in total. The van der Waals surface area contributed by atoms with Crippen molar-refractivity contribution in [2.75, 3.05) is 6.54 Å². The lowest BCUT2D eigenvalue weighted by Crippen LogP contribution is -2.45. The van der Waals surface area contributed by atoms with Crippen molar-refractivity contribution in [3.63, 3.8) is 0 Å². The number of aromatic nitrogens is 2. The Labute approximate surface area is 102 Å². The molecule has 1 aromatic heterocycles. The summed E-state index contributed by atoms with van der Waals surface area (Å²) in [7, 11) is 0. The van der Waals surface area contributed by atoms with E-state index in [-0.39, 0.29) is 6.10 Å². The van der Waals surface area contributed by atoms with Gasteiger partial charge in [-0.1, -0.05) is 0 Å². The first-order valence-corrected chi connectivity index (χ1v) is 6.65. The third kappa shape index (κ3) is 2.24. The van der Waals surface area contributed by atoms with Gasteiger partial charge in [0.1, 0.15) is 0 Å². The van der Waals surface area contributed by atoms with Crippen LogP contribution in [0.15, 0.2) is 12.4 Å². The molecule has 0 spiro atoms. The zero-order valence-corrected chi connectivity index (χ0v) is 10.4. The standard InChI is InChI=1S/C13H21N3O/c1-10-8-14-15(9-10)4-5-16-11-2-3-12(16)7-13(17)6-11/h8-9,11-13,17H,2-7H2,1H3. The van der Waals surface area contributed by atoms with E-state index >= 15 is 0 Å². The number of piperidine rings is 1. The largest absolute Gasteiger partial charge is 0.393 e. The van der Waals surface area contributed by atoms with Crippen LogP contribution in [-0.4, -0.2) is 44.5 Å². The summed E-state index contributed by atoms with van der Waals surface area (Å²) in [6.07, 6.45) is 8.41. The molecule has 2 bridgehead atoms. The van der Waals surface area contributed by atoms with Gasteiger partial charge in [0, 0.05) is 24.8 Å². The average molecular weight is 235 g/mol. The van der Waals surface area contributed by atoms with Crippen molar-refractivity contribution in [3.05, 3.63) is 18.0 Å². The third-order valence-electron chi connectivity index (χ3n) is 4.21. The molecule has 2 aliphatic heterocycles. The Kier molecular flexibility index (Phi) is 2.92. The molecule has 0 aliphatic carbocycles. The van der Waals surface area contributed by atoms with Gasteiger partial charge < -0.3 is 5.11 Å². The lowest BCUT2D eigenvalue weighted by atomic mass is 10.00. The number of aliphatic hydroxyl groups excluding tert-OH is 1. The Balaban J connectivity index is 1.59. The van der Waals surface area contributed by atoms with Gasteiger partial charge in [-0.3, -0.25) is 9.58 Å². The first-order chi connectivity index (χ1) is 8.22. The molecule has 2 atom stereocenters. The van der Waals surface area contributed by atoms with Crippen LogP contribution in [0.2, 0.25) is 0 Å². The molecular formula is C13H21N3O. The summed E-state index contributed by atoms with van der Waals surface area (Å²) < 4.78 is 2.03. The van der Waals surface area contributed by atoms with Crippen LogP contribution in [0.3, 0.4) is 0 Å². The highest BCUT2D eigenvalue weighted by Crippen LogP contribution is 2.35. The van der Waals surface area contributed by atoms with Gasteiger partial charge >= 0.3 is 0 Å². The van der Waals surface area contributed by atoms with Crippen LogP contribution in [0.1, 0.15) is 31.2 Å². The van der Waals surface area contributed by atoms with E-state index in [1.807, 2.05) is 10.9 Å². The molecule has 3 rings (SSSR count). The van der Waals surface area contributed by atoms with Gasteiger partial charge in [-0.05, 0) is 38.2 Å². The number of fused-ring (bicyclic) bond motifs is 2. The van der Waals surface area contributed by atoms with E-state index in [0.29, 0.717) is 12.1 Å². The molecular weight excluding hydrogens is 214 g/mol. The van der Waals surface area contributed by atoms with E-state index in [0.717, 1.165) is 25.9 Å². The molecule has 0 saturated carbocycles. The van der Waals surface area contributed by atoms with Crippen LogP contribution >= 0.6 is 0 Å². The summed E-state index contributed by atoms with van der Waals surface area (Å²) in [6, 6.07) is 1.22. The van der Waals surface area contributed by atoms with Crippen molar-refractivity contribution < 1.29 is 5.11 Å². The molecule has 0 radical (unpaired) electrons. The second kappa shape index (κ2) is 4.42. The van der Waals surface area contributed by atoms with E-state index in [1.165, 1.54) is 18.4 Å². The van der Waals surface area contributed by atoms with Crippen molar-refractivity contribution in [2.45, 2.75) is 57.3 Å². The van der Waals surface area contributed by atoms with E-state index in [4.69, 9.17) is 0 Å². The molecule has 0 aromatic carbocycles. The average Bonchev–Trinajstić information content (AvgIpc) is 2.79. The fraction of sp³-hybridized carbons (Fsp3) is 0.769. The fourth-order valence-corrected chi connectivity index (χ4v) is 3.42. The number of hydrogen-bond donors (Lipinski definition) is 1. The van der Waals surface area contributed by atoms with Crippen molar-refractivity contribution in [2.24, 2.45) is 0 Å². The molecule has 94 valence electrons. The van der Waals surface area contributed by atoms with Gasteiger partial charge in [-0.2, -0.15) is 5.10 Å². The van der Waals surface area contributed by atoms with Crippen LogP contribution in [0.4, 0.5) is 0 Å². The first-order valence-electron chi connectivity index (χ1n) is 6.65. The quantitative estimate of drug-likeness (QED) is 0.855. The van der Waals surface area contributed by atoms with Crippen LogP contribution in [0.25, 0.3) is 0 Å². The van der Waals surface area contributed by atoms with E-state index in [9.17, 15) is 5.11 Å². The van der Waals surface area contributed by atoms with Gasteiger partial charge in [0.05, 0.1) is 18.8 Å². The predicted molar refractivity (Wildman–Crippen MR) is 65.7 cm³/mol. The summed E-state index contributed by atoms with van der Waals surface area (Å²) >= 11 is 0. The number of hydrogen-bond acceptors (Lipinski definition) is 3. The van der Waals surface area contributed by atoms with Gasteiger partial charge in [0.25, 0.3) is 0 Å². The highest BCUT2D eigenvalue weighted by molar-refractivity contribution is 5.00. The summed E-state index contributed by atoms with van der Waals surface area (Å²) in [5.41, 5.74) is 1.22. The summed E-state index contributed by atoms with van der Waals surface area (Å²) in [5.74, 6) is 0. The molecule has 2 aliphatic rings. The normalized spacial score (nSPS) is 33.2. The van der Waals surface area contributed by atoms with Gasteiger partial charge in [-0.15, -0.1) is 0 Å². The Hall–Kier alpha value is -0.870. The van der Waals surface area contributed by atoms with Crippen molar-refractivity contribution in [1.82, 2.24) is 14.7 Å². The van der Waals surface area contributed by atoms with Crippen molar-refractivity contribution in [1.29, 1.82) is 0 Å². The van der Waals surface area contributed by atoms with Crippen LogP contribution in [0.5, 0.6) is 0 Å². The zero-order chi connectivity index (χ0) is 11.8. The Morgan fingerprint density at radius 1 is 1.29 bits per heavy atom. The first kappa shape index (κ1) is 11.2. The second-order valence-corrected chi connectivity index (χ2v) is 5.53. The lowest BCUT2D eigenvalue weighted by molar-refractivity contribution is 0.0333. The minimum Gasteiger partial charge on any atom is -0.393 e. The molecule has 17 heavy (non-hydrogen) atoms. The Morgan fingerprint density at radius 2 is 2.00 bits per heavy atom. The molecule has 4 heteroatoms. The minimum absolute atomic E-state index is 0.0595. The molecule has 2 saturated heterocycles. The van der Waals surface area contributed by atoms with E-state index in [1.54, 1.807) is 0 Å². The maximum Gasteiger partial charge on any atom is 0.0570 e. The van der Waals surface area contributed by atoms with E-state index in [2.05, 4.69) is 23.1 Å². The number of nitrogens with zero attached hydrogens (tertiary/aromatic N) is 3. The molecule has 2 unspecified atom stereocenters. The van der Waals surface area contributed by atoms with Crippen molar-refractivity contribution in [3.8, 4) is 0 Å². The van der Waals surface area contributed by atoms with Gasteiger partial charge in [0.15, 0.2) is 0 Å². The number of aryl methyl sites for hydroxylation is 1. The maximum atomic E-state index is 9.75. The van der Waals surface area contributed by atoms with Gasteiger partial charge in [-0.25, -0.2) is 0 Å². The molecule has 2 fully saturated rings. The summed E-state index contributed by atoms with van der Waals surface area (Å²) in [5, 5.41) is 14.1. The number of rotatable bonds is 3. The number of aliphatic hydroxyl groups is 1. The van der Waals surface area contributed by atoms with Gasteiger partial charge in [0.2, 0.25) is 0 Å². The molecule has 3 heterocycles. The fourth-order valence-electron chi connectivity index (χ4n) is 3.42. The SMILES string of the molecule is Cc1cnn(CCN2C3CCC2CC(O)C3)c1. The van der Waals surface area contributed by atoms with E-state index < -0.39 is 0 Å². The highest BCUT2D eigenvalue weighted by Gasteiger charge is 2.39. The maximum absolute atomic E-state index is 9.75. The Morgan fingerprint density at radius 3 is 2.59 bits per heavy atom. The van der Waals surface area contributed by atoms with Crippen LogP contribution in [-0.2, 0) is 6.54 Å². The minimum atomic E-state index is -0.0595. The van der Waals surface area contributed by atoms with Crippen molar-refractivity contribution >= 4 is 0 Å². The molecule has 0 amide bonds. The van der Waals surface area contributed by atoms with Crippen LogP contribution in [0, 0.1) is 6.92 Å². The smallest absolute Gasteiger partial charge is 0.0570 e. The second-order valence-electron chi connectivity index (χ2n) is 5.53.